The summed E-state index contributed by atoms with van der Waals surface area (Å²) in [6, 6.07) is 5.06. The minimum absolute atomic E-state index is 0.00312. The Morgan fingerprint density at radius 1 is 0.886 bits per heavy atom. The first kappa shape index (κ1) is 32.6. The highest BCUT2D eigenvalue weighted by molar-refractivity contribution is 7.92. The first-order chi connectivity index (χ1) is 20.0. The number of hydrogen-bond donors (Lipinski definition) is 0. The molecule has 44 heavy (non-hydrogen) atoms. The summed E-state index contributed by atoms with van der Waals surface area (Å²) in [4.78, 5) is 14.4. The van der Waals surface area contributed by atoms with Gasteiger partial charge in [-0.25, -0.2) is 25.6 Å². The normalized spacial score (nSPS) is 25.5. The zero-order chi connectivity index (χ0) is 32.9. The van der Waals surface area contributed by atoms with Gasteiger partial charge in [-0.3, -0.25) is 4.79 Å². The number of halogens is 8. The highest BCUT2D eigenvalue weighted by Gasteiger charge is 2.74. The lowest BCUT2D eigenvalue weighted by atomic mass is 9.76. The van der Waals surface area contributed by atoms with Crippen molar-refractivity contribution in [3.63, 3.8) is 0 Å². The molecular formula is C28H27F8NO5S2. The van der Waals surface area contributed by atoms with Gasteiger partial charge in [-0.15, -0.1) is 0 Å². The number of hydrogen-bond acceptors (Lipinski definition) is 5. The Morgan fingerprint density at radius 3 is 1.95 bits per heavy atom. The Hall–Kier alpha value is -2.75. The van der Waals surface area contributed by atoms with Crippen molar-refractivity contribution in [1.29, 1.82) is 0 Å². The van der Waals surface area contributed by atoms with E-state index >= 15 is 4.39 Å². The molecular weight excluding hydrogens is 646 g/mol. The maximum absolute atomic E-state index is 15.1. The molecule has 242 valence electrons. The first-order valence-corrected chi connectivity index (χ1v) is 16.8. The van der Waals surface area contributed by atoms with E-state index in [1.54, 1.807) is 0 Å². The van der Waals surface area contributed by atoms with Crippen LogP contribution in [0.5, 0.6) is 0 Å². The molecule has 0 bridgehead atoms. The smallest absolute Gasteiger partial charge is 0.340 e. The molecule has 0 N–H and O–H groups in total. The molecule has 2 unspecified atom stereocenters. The Kier molecular flexibility index (Phi) is 7.32. The van der Waals surface area contributed by atoms with Crippen LogP contribution in [0.3, 0.4) is 0 Å². The Morgan fingerprint density at radius 2 is 1.43 bits per heavy atom. The number of carbonyl (C=O) groups excluding carboxylic acids is 1. The van der Waals surface area contributed by atoms with Crippen LogP contribution in [0.25, 0.3) is 0 Å². The van der Waals surface area contributed by atoms with Gasteiger partial charge in [0, 0.05) is 30.5 Å². The molecule has 5 rings (SSSR count). The number of alkyl halides is 7. The van der Waals surface area contributed by atoms with Crippen LogP contribution in [0.2, 0.25) is 0 Å². The summed E-state index contributed by atoms with van der Waals surface area (Å²) in [6.07, 6.45) is -12.8. The highest BCUT2D eigenvalue weighted by atomic mass is 32.2. The largest absolute Gasteiger partial charge is 0.435 e. The minimum Gasteiger partial charge on any atom is -0.340 e. The van der Waals surface area contributed by atoms with Crippen molar-refractivity contribution in [1.82, 2.24) is 4.90 Å². The first-order valence-electron chi connectivity index (χ1n) is 13.5. The summed E-state index contributed by atoms with van der Waals surface area (Å²) in [7, 11) is -8.00. The van der Waals surface area contributed by atoms with Crippen LogP contribution in [0.1, 0.15) is 43.4 Å². The van der Waals surface area contributed by atoms with Gasteiger partial charge in [0.25, 0.3) is 0 Å². The van der Waals surface area contributed by atoms with Crippen molar-refractivity contribution in [3.8, 4) is 0 Å². The molecule has 3 aliphatic rings. The molecule has 2 heterocycles. The molecule has 2 atom stereocenters. The number of benzene rings is 2. The van der Waals surface area contributed by atoms with Crippen LogP contribution in [0.15, 0.2) is 47.4 Å². The molecule has 1 amide bonds. The van der Waals surface area contributed by atoms with E-state index < -0.39 is 88.4 Å². The molecule has 1 aliphatic carbocycles. The second kappa shape index (κ2) is 9.87. The van der Waals surface area contributed by atoms with Crippen LogP contribution in [-0.2, 0) is 40.3 Å². The third-order valence-corrected chi connectivity index (χ3v) is 13.6. The number of likely N-dealkylation sites (tertiary alicyclic amines) is 1. The third kappa shape index (κ3) is 4.56. The average molecular weight is 674 g/mol. The van der Waals surface area contributed by atoms with E-state index in [2.05, 4.69) is 0 Å². The van der Waals surface area contributed by atoms with Crippen molar-refractivity contribution < 1.29 is 56.8 Å². The summed E-state index contributed by atoms with van der Waals surface area (Å²) >= 11 is 0. The minimum atomic E-state index is -6.40. The van der Waals surface area contributed by atoms with Crippen LogP contribution in [0.4, 0.5) is 35.1 Å². The van der Waals surface area contributed by atoms with Gasteiger partial charge >= 0.3 is 18.0 Å². The lowest BCUT2D eigenvalue weighted by Gasteiger charge is -2.33. The molecule has 0 saturated carbocycles. The Balaban J connectivity index is 1.70. The zero-order valence-corrected chi connectivity index (χ0v) is 24.9. The van der Waals surface area contributed by atoms with Crippen molar-refractivity contribution in [2.75, 3.05) is 24.6 Å². The van der Waals surface area contributed by atoms with E-state index in [-0.39, 0.29) is 48.1 Å². The fourth-order valence-electron chi connectivity index (χ4n) is 7.05. The van der Waals surface area contributed by atoms with Crippen molar-refractivity contribution in [3.05, 3.63) is 65.0 Å². The number of nitrogens with zero attached hydrogens (tertiary/aromatic N) is 1. The summed E-state index contributed by atoms with van der Waals surface area (Å²) in [5, 5.41) is 0. The maximum Gasteiger partial charge on any atom is 0.435 e. The lowest BCUT2D eigenvalue weighted by molar-refractivity contribution is -0.348. The molecule has 2 aliphatic heterocycles. The van der Waals surface area contributed by atoms with Crippen LogP contribution >= 0.6 is 0 Å². The monoisotopic (exact) mass is 673 g/mol. The fourth-order valence-corrected chi connectivity index (χ4v) is 11.0. The number of carbonyl (C=O) groups is 1. The molecule has 0 spiro atoms. The second-order valence-corrected chi connectivity index (χ2v) is 16.7. The molecule has 16 heteroatoms. The number of sulfone groups is 2. The van der Waals surface area contributed by atoms with Crippen LogP contribution < -0.4 is 0 Å². The SMILES string of the molecule is CC1(C)c2cc(C(F)(C(F)(F)F)C(F)(F)F)ccc2C2(S(=O)(=O)c3ccc(F)cc3)CN(C(=O)C3CCS(=O)(=O)CC3)CC12. The Labute approximate surface area is 248 Å². The van der Waals surface area contributed by atoms with Gasteiger partial charge in [0.2, 0.25) is 5.91 Å². The van der Waals surface area contributed by atoms with E-state index in [9.17, 15) is 52.4 Å². The van der Waals surface area contributed by atoms with E-state index in [1.165, 1.54) is 18.7 Å². The predicted molar refractivity (Wildman–Crippen MR) is 141 cm³/mol. The Bertz CT molecular complexity index is 1690. The molecule has 2 aromatic rings. The van der Waals surface area contributed by atoms with Gasteiger partial charge in [0.1, 0.15) is 20.4 Å². The van der Waals surface area contributed by atoms with E-state index in [4.69, 9.17) is 0 Å². The molecule has 0 aromatic heterocycles. The van der Waals surface area contributed by atoms with Crippen LogP contribution in [0, 0.1) is 17.7 Å². The van der Waals surface area contributed by atoms with Crippen LogP contribution in [-0.4, -0.2) is 64.6 Å². The van der Waals surface area contributed by atoms with Gasteiger partial charge in [-0.2, -0.15) is 26.3 Å². The van der Waals surface area contributed by atoms with Crippen molar-refractivity contribution in [2.24, 2.45) is 11.8 Å². The van der Waals surface area contributed by atoms with Gasteiger partial charge in [0.05, 0.1) is 16.4 Å². The zero-order valence-electron chi connectivity index (χ0n) is 23.3. The molecule has 2 aromatic carbocycles. The number of fused-ring (bicyclic) bond motifs is 3. The van der Waals surface area contributed by atoms with Gasteiger partial charge < -0.3 is 4.90 Å². The predicted octanol–water partition coefficient (Wildman–Crippen LogP) is 5.36. The average Bonchev–Trinajstić information content (AvgIpc) is 3.41. The van der Waals surface area contributed by atoms with Gasteiger partial charge in [0.15, 0.2) is 9.84 Å². The topological polar surface area (TPSA) is 88.6 Å². The third-order valence-electron chi connectivity index (χ3n) is 9.43. The van der Waals surface area contributed by atoms with Gasteiger partial charge in [-0.05, 0) is 53.6 Å². The second-order valence-electron chi connectivity index (χ2n) is 12.2. The van der Waals surface area contributed by atoms with Gasteiger partial charge in [-0.1, -0.05) is 32.0 Å². The standard InChI is InChI=1S/C28H27F8NO5S2/c1-24(2)21-13-17(26(30,27(31,32)33)28(34,35)36)3-8-20(21)25(44(41,42)19-6-4-18(29)5-7-19)15-37(14-22(24)25)23(38)16-9-11-43(39,40)12-10-16/h3-8,13,16,22H,9-12,14-15H2,1-2H3. The number of rotatable bonds is 4. The maximum atomic E-state index is 15.1. The molecule has 2 saturated heterocycles. The molecule has 2 fully saturated rings. The lowest BCUT2D eigenvalue weighted by Crippen LogP contribution is -2.50. The fraction of sp³-hybridized carbons (Fsp3) is 0.536. The quantitative estimate of drug-likeness (QED) is 0.323. The van der Waals surface area contributed by atoms with E-state index in [0.717, 1.165) is 30.3 Å². The molecule has 6 nitrogen and oxygen atoms in total. The summed E-state index contributed by atoms with van der Waals surface area (Å²) in [5.41, 5.74) is -9.50. The summed E-state index contributed by atoms with van der Waals surface area (Å²) < 4.78 is 161. The number of amides is 1. The highest BCUT2D eigenvalue weighted by Crippen LogP contribution is 2.63. The van der Waals surface area contributed by atoms with E-state index in [1.807, 2.05) is 0 Å². The summed E-state index contributed by atoms with van der Waals surface area (Å²) in [6.45, 7) is 1.93. The van der Waals surface area contributed by atoms with E-state index in [0.29, 0.717) is 6.07 Å². The van der Waals surface area contributed by atoms with Crippen molar-refractivity contribution in [2.45, 2.75) is 59.8 Å². The molecule has 0 radical (unpaired) electrons. The summed E-state index contributed by atoms with van der Waals surface area (Å²) in [5.74, 6) is -3.70. The van der Waals surface area contributed by atoms with Crippen molar-refractivity contribution >= 4 is 25.6 Å².